The summed E-state index contributed by atoms with van der Waals surface area (Å²) in [6.07, 6.45) is -0.483. The van der Waals surface area contributed by atoms with Gasteiger partial charge in [-0.15, -0.1) is 0 Å². The summed E-state index contributed by atoms with van der Waals surface area (Å²) in [4.78, 5) is 24.9. The van der Waals surface area contributed by atoms with E-state index in [9.17, 15) is 9.59 Å². The summed E-state index contributed by atoms with van der Waals surface area (Å²) in [7, 11) is 0. The van der Waals surface area contributed by atoms with E-state index in [-0.39, 0.29) is 13.2 Å². The molecule has 0 atom stereocenters. The highest BCUT2D eigenvalue weighted by Gasteiger charge is 2.46. The maximum Gasteiger partial charge on any atom is 0.327 e. The van der Waals surface area contributed by atoms with Crippen LogP contribution in [0.4, 0.5) is 0 Å². The molecule has 126 valence electrons. The molecule has 0 aliphatic carbocycles. The molecule has 0 N–H and O–H groups in total. The maximum absolute atomic E-state index is 12.4. The van der Waals surface area contributed by atoms with Gasteiger partial charge in [0.05, 0.1) is 26.4 Å². The number of ether oxygens (including phenoxy) is 4. The van der Waals surface area contributed by atoms with Crippen molar-refractivity contribution in [2.45, 2.75) is 32.5 Å². The number of rotatable bonds is 6. The van der Waals surface area contributed by atoms with Gasteiger partial charge >= 0.3 is 11.9 Å². The lowest BCUT2D eigenvalue weighted by Gasteiger charge is -2.26. The predicted molar refractivity (Wildman–Crippen MR) is 81.7 cm³/mol. The molecule has 0 radical (unpaired) electrons. The molecule has 1 aromatic carbocycles. The van der Waals surface area contributed by atoms with E-state index in [2.05, 4.69) is 0 Å². The van der Waals surface area contributed by atoms with E-state index in [1.54, 1.807) is 32.0 Å². The molecule has 0 spiro atoms. The molecular formula is C17H22O6. The van der Waals surface area contributed by atoms with Crippen LogP contribution in [0.15, 0.2) is 24.3 Å². The van der Waals surface area contributed by atoms with E-state index in [0.29, 0.717) is 18.8 Å². The topological polar surface area (TPSA) is 71.1 Å². The Labute approximate surface area is 135 Å². The molecule has 0 unspecified atom stereocenters. The van der Waals surface area contributed by atoms with Crippen LogP contribution in [0, 0.1) is 0 Å². The fourth-order valence-electron chi connectivity index (χ4n) is 2.42. The molecule has 1 aliphatic rings. The summed E-state index contributed by atoms with van der Waals surface area (Å²) < 4.78 is 21.1. The van der Waals surface area contributed by atoms with Crippen molar-refractivity contribution >= 4 is 11.9 Å². The average Bonchev–Trinajstić information content (AvgIpc) is 3.09. The number of carbonyl (C=O) groups excluding carboxylic acids is 2. The van der Waals surface area contributed by atoms with Crippen molar-refractivity contribution in [1.29, 1.82) is 0 Å². The Hall–Kier alpha value is -1.92. The molecule has 1 aliphatic heterocycles. The van der Waals surface area contributed by atoms with Gasteiger partial charge in [0.2, 0.25) is 0 Å². The maximum atomic E-state index is 12.4. The molecule has 1 saturated heterocycles. The van der Waals surface area contributed by atoms with Gasteiger partial charge in [-0.05, 0) is 32.4 Å². The van der Waals surface area contributed by atoms with E-state index >= 15 is 0 Å². The van der Waals surface area contributed by atoms with Gasteiger partial charge in [-0.1, -0.05) is 18.2 Å². The van der Waals surface area contributed by atoms with Crippen LogP contribution in [0.3, 0.4) is 0 Å². The molecule has 6 nitrogen and oxygen atoms in total. The zero-order chi connectivity index (χ0) is 16.9. The largest absolute Gasteiger partial charge is 0.465 e. The third-order valence-corrected chi connectivity index (χ3v) is 3.73. The fraction of sp³-hybridized carbons (Fsp3) is 0.529. The molecule has 0 amide bonds. The van der Waals surface area contributed by atoms with Crippen LogP contribution in [0.5, 0.6) is 0 Å². The number of hydrogen-bond acceptors (Lipinski definition) is 6. The second-order valence-electron chi connectivity index (χ2n) is 5.26. The fourth-order valence-corrected chi connectivity index (χ4v) is 2.42. The first-order valence-corrected chi connectivity index (χ1v) is 7.72. The second kappa shape index (κ2) is 7.57. The van der Waals surface area contributed by atoms with Crippen molar-refractivity contribution in [2.24, 2.45) is 0 Å². The standard InChI is InChI=1S/C17H22O6/c1-4-20-15(18)17(3,16(19)21-5-2)13-8-6-7-12(11-13)14-22-9-10-23-14/h6-8,11,14H,4-5,9-10H2,1-3H3. The van der Waals surface area contributed by atoms with Crippen molar-refractivity contribution in [2.75, 3.05) is 26.4 Å². The average molecular weight is 322 g/mol. The predicted octanol–water partition coefficient (Wildman–Crippen LogP) is 2.12. The molecule has 1 aromatic rings. The Kier molecular flexibility index (Phi) is 5.74. The van der Waals surface area contributed by atoms with Crippen molar-refractivity contribution in [3.8, 4) is 0 Å². The number of esters is 2. The van der Waals surface area contributed by atoms with Crippen molar-refractivity contribution in [1.82, 2.24) is 0 Å². The van der Waals surface area contributed by atoms with Gasteiger partial charge in [0, 0.05) is 5.56 Å². The van der Waals surface area contributed by atoms with Gasteiger partial charge in [-0.2, -0.15) is 0 Å². The monoisotopic (exact) mass is 322 g/mol. The van der Waals surface area contributed by atoms with Crippen LogP contribution < -0.4 is 0 Å². The summed E-state index contributed by atoms with van der Waals surface area (Å²) in [5.41, 5.74) is -0.286. The highest BCUT2D eigenvalue weighted by Crippen LogP contribution is 2.31. The highest BCUT2D eigenvalue weighted by atomic mass is 16.7. The van der Waals surface area contributed by atoms with Gasteiger partial charge in [0.1, 0.15) is 0 Å². The molecule has 0 bridgehead atoms. The van der Waals surface area contributed by atoms with Gasteiger partial charge < -0.3 is 18.9 Å². The Morgan fingerprint density at radius 2 is 1.70 bits per heavy atom. The zero-order valence-corrected chi connectivity index (χ0v) is 13.7. The summed E-state index contributed by atoms with van der Waals surface area (Å²) in [5, 5.41) is 0. The number of benzene rings is 1. The molecule has 2 rings (SSSR count). The molecule has 23 heavy (non-hydrogen) atoms. The number of carbonyl (C=O) groups is 2. The van der Waals surface area contributed by atoms with Gasteiger partial charge in [0.15, 0.2) is 11.7 Å². The summed E-state index contributed by atoms with van der Waals surface area (Å²) >= 11 is 0. The minimum atomic E-state index is -1.53. The third-order valence-electron chi connectivity index (χ3n) is 3.73. The SMILES string of the molecule is CCOC(=O)C(C)(C(=O)OCC)c1cccc(C2OCCO2)c1. The second-order valence-corrected chi connectivity index (χ2v) is 5.26. The minimum Gasteiger partial charge on any atom is -0.465 e. The van der Waals surface area contributed by atoms with E-state index < -0.39 is 23.6 Å². The normalized spacial score (nSPS) is 15.4. The van der Waals surface area contributed by atoms with Crippen LogP contribution in [0.25, 0.3) is 0 Å². The van der Waals surface area contributed by atoms with E-state index in [0.717, 1.165) is 5.56 Å². The smallest absolute Gasteiger partial charge is 0.327 e. The van der Waals surface area contributed by atoms with Crippen LogP contribution in [0.2, 0.25) is 0 Å². The Morgan fingerprint density at radius 1 is 1.13 bits per heavy atom. The van der Waals surface area contributed by atoms with Crippen molar-refractivity contribution in [3.05, 3.63) is 35.4 Å². The minimum absolute atomic E-state index is 0.183. The highest BCUT2D eigenvalue weighted by molar-refractivity contribution is 6.05. The first-order chi connectivity index (χ1) is 11.0. The Bertz CT molecular complexity index is 544. The molecular weight excluding hydrogens is 300 g/mol. The van der Waals surface area contributed by atoms with Crippen molar-refractivity contribution in [3.63, 3.8) is 0 Å². The summed E-state index contributed by atoms with van der Waals surface area (Å²) in [6.45, 7) is 6.30. The first kappa shape index (κ1) is 17.4. The first-order valence-electron chi connectivity index (χ1n) is 7.72. The Morgan fingerprint density at radius 3 is 2.22 bits per heavy atom. The zero-order valence-electron chi connectivity index (χ0n) is 13.7. The third kappa shape index (κ3) is 3.54. The van der Waals surface area contributed by atoms with Crippen molar-refractivity contribution < 1.29 is 28.5 Å². The lowest BCUT2D eigenvalue weighted by atomic mass is 9.81. The van der Waals surface area contributed by atoms with Crippen LogP contribution in [0.1, 0.15) is 38.2 Å². The quantitative estimate of drug-likeness (QED) is 0.590. The van der Waals surface area contributed by atoms with Crippen LogP contribution in [-0.4, -0.2) is 38.4 Å². The lowest BCUT2D eigenvalue weighted by molar-refractivity contribution is -0.163. The molecule has 0 aromatic heterocycles. The molecule has 0 saturated carbocycles. The Balaban J connectivity index is 2.40. The number of hydrogen-bond donors (Lipinski definition) is 0. The summed E-state index contributed by atoms with van der Waals surface area (Å²) in [6, 6.07) is 7.01. The van der Waals surface area contributed by atoms with E-state index in [1.807, 2.05) is 6.07 Å². The van der Waals surface area contributed by atoms with Crippen LogP contribution in [-0.2, 0) is 34.0 Å². The summed E-state index contributed by atoms with van der Waals surface area (Å²) in [5.74, 6) is -1.27. The van der Waals surface area contributed by atoms with Crippen LogP contribution >= 0.6 is 0 Å². The van der Waals surface area contributed by atoms with Gasteiger partial charge in [-0.25, -0.2) is 0 Å². The molecule has 6 heteroatoms. The van der Waals surface area contributed by atoms with Gasteiger partial charge in [-0.3, -0.25) is 9.59 Å². The van der Waals surface area contributed by atoms with Gasteiger partial charge in [0.25, 0.3) is 0 Å². The lowest BCUT2D eigenvalue weighted by Crippen LogP contribution is -2.43. The molecule has 1 heterocycles. The molecule has 1 fully saturated rings. The van der Waals surface area contributed by atoms with E-state index in [4.69, 9.17) is 18.9 Å². The van der Waals surface area contributed by atoms with E-state index in [1.165, 1.54) is 6.92 Å².